The first-order valence-electron chi connectivity index (χ1n) is 9.97. The number of nitrogens with one attached hydrogen (secondary N) is 1. The Kier molecular flexibility index (Phi) is 5.49. The van der Waals surface area contributed by atoms with Crippen molar-refractivity contribution in [1.29, 1.82) is 0 Å². The van der Waals surface area contributed by atoms with E-state index in [2.05, 4.69) is 5.32 Å². The first-order chi connectivity index (χ1) is 14.8. The zero-order valence-corrected chi connectivity index (χ0v) is 17.7. The van der Waals surface area contributed by atoms with Gasteiger partial charge in [-0.15, -0.1) is 0 Å². The van der Waals surface area contributed by atoms with Gasteiger partial charge in [-0.3, -0.25) is 9.59 Å². The molecular weight excluding hydrogens is 419 g/mol. The van der Waals surface area contributed by atoms with Crippen LogP contribution in [0.1, 0.15) is 30.1 Å². The number of hydrogen-bond donors (Lipinski definition) is 1. The second-order valence-electron chi connectivity index (χ2n) is 7.33. The molecule has 1 N–H and O–H groups in total. The molecule has 1 heterocycles. The van der Waals surface area contributed by atoms with Gasteiger partial charge in [-0.25, -0.2) is 12.8 Å². The fourth-order valence-electron chi connectivity index (χ4n) is 3.86. The fourth-order valence-corrected chi connectivity index (χ4v) is 5.18. The van der Waals surface area contributed by atoms with Gasteiger partial charge in [0.2, 0.25) is 5.91 Å². The second-order valence-corrected chi connectivity index (χ2v) is 9.44. The molecule has 8 heteroatoms. The lowest BCUT2D eigenvalue weighted by atomic mass is 10.0. The number of hydrogen-bond acceptors (Lipinski definition) is 4. The van der Waals surface area contributed by atoms with Crippen molar-refractivity contribution < 1.29 is 22.4 Å². The van der Waals surface area contributed by atoms with E-state index in [0.717, 1.165) is 28.6 Å². The molecule has 31 heavy (non-hydrogen) atoms. The van der Waals surface area contributed by atoms with E-state index < -0.39 is 15.7 Å². The predicted molar refractivity (Wildman–Crippen MR) is 118 cm³/mol. The van der Waals surface area contributed by atoms with Gasteiger partial charge >= 0.3 is 0 Å². The Hall–Kier alpha value is -3.26. The van der Waals surface area contributed by atoms with Crippen LogP contribution >= 0.6 is 0 Å². The molecular formula is C23H21FN2O4S. The number of rotatable bonds is 7. The molecule has 1 aliphatic rings. The van der Waals surface area contributed by atoms with Gasteiger partial charge in [0.1, 0.15) is 5.82 Å². The number of amides is 2. The summed E-state index contributed by atoms with van der Waals surface area (Å²) in [6.45, 7) is 2.46. The molecule has 3 aromatic carbocycles. The van der Waals surface area contributed by atoms with E-state index in [0.29, 0.717) is 17.8 Å². The Morgan fingerprint density at radius 3 is 2.52 bits per heavy atom. The number of nitrogens with zero attached hydrogens (tertiary/aromatic N) is 1. The van der Waals surface area contributed by atoms with E-state index in [-0.39, 0.29) is 35.3 Å². The van der Waals surface area contributed by atoms with Crippen LogP contribution in [0.3, 0.4) is 0 Å². The Balaban J connectivity index is 1.46. The van der Waals surface area contributed by atoms with Crippen molar-refractivity contribution in [2.75, 3.05) is 22.5 Å². The molecule has 0 aliphatic carbocycles. The van der Waals surface area contributed by atoms with E-state index in [1.807, 2.05) is 19.1 Å². The van der Waals surface area contributed by atoms with Crippen molar-refractivity contribution in [3.8, 4) is 0 Å². The number of sulfone groups is 1. The van der Waals surface area contributed by atoms with E-state index >= 15 is 0 Å². The maximum Gasteiger partial charge on any atom is 0.258 e. The summed E-state index contributed by atoms with van der Waals surface area (Å²) >= 11 is 0. The Bertz CT molecular complexity index is 1290. The summed E-state index contributed by atoms with van der Waals surface area (Å²) in [7, 11) is -3.59. The van der Waals surface area contributed by atoms with E-state index in [4.69, 9.17) is 0 Å². The number of anilines is 2. The zero-order chi connectivity index (χ0) is 22.2. The summed E-state index contributed by atoms with van der Waals surface area (Å²) in [4.78, 5) is 26.8. The fraction of sp³-hybridized carbons (Fsp3) is 0.217. The second kappa shape index (κ2) is 8.11. The van der Waals surface area contributed by atoms with Crippen molar-refractivity contribution in [2.45, 2.75) is 24.7 Å². The van der Waals surface area contributed by atoms with Crippen LogP contribution in [0.5, 0.6) is 0 Å². The third kappa shape index (κ3) is 3.90. The molecule has 0 atom stereocenters. The van der Waals surface area contributed by atoms with Gasteiger partial charge in [-0.1, -0.05) is 12.1 Å². The topological polar surface area (TPSA) is 83.6 Å². The number of halogens is 1. The van der Waals surface area contributed by atoms with Gasteiger partial charge in [0.05, 0.1) is 16.3 Å². The molecule has 1 aliphatic heterocycles. The summed E-state index contributed by atoms with van der Waals surface area (Å²) in [6, 6.07) is 13.6. The van der Waals surface area contributed by atoms with Gasteiger partial charge in [0, 0.05) is 35.0 Å². The minimum Gasteiger partial charge on any atom is -0.326 e. The first kappa shape index (κ1) is 21.0. The van der Waals surface area contributed by atoms with Crippen LogP contribution in [0.25, 0.3) is 10.8 Å². The van der Waals surface area contributed by atoms with Gasteiger partial charge in [0.25, 0.3) is 5.91 Å². The van der Waals surface area contributed by atoms with Crippen LogP contribution in [0.4, 0.5) is 15.8 Å². The van der Waals surface area contributed by atoms with Crippen LogP contribution in [0, 0.1) is 5.82 Å². The summed E-state index contributed by atoms with van der Waals surface area (Å²) in [5.41, 5.74) is 2.01. The average Bonchev–Trinajstić information content (AvgIpc) is 3.02. The zero-order valence-electron chi connectivity index (χ0n) is 16.9. The van der Waals surface area contributed by atoms with E-state index in [1.165, 1.54) is 12.1 Å². The molecule has 0 saturated carbocycles. The predicted octanol–water partition coefficient (Wildman–Crippen LogP) is 4.15. The third-order valence-electron chi connectivity index (χ3n) is 5.36. The van der Waals surface area contributed by atoms with Crippen molar-refractivity contribution in [1.82, 2.24) is 0 Å². The molecule has 0 spiro atoms. The van der Waals surface area contributed by atoms with Crippen LogP contribution in [-0.4, -0.2) is 32.5 Å². The molecule has 0 radical (unpaired) electrons. The lowest BCUT2D eigenvalue weighted by molar-refractivity contribution is -0.116. The molecule has 2 amide bonds. The van der Waals surface area contributed by atoms with Gasteiger partial charge in [-0.05, 0) is 55.8 Å². The minimum atomic E-state index is -3.59. The van der Waals surface area contributed by atoms with E-state index in [1.54, 1.807) is 23.1 Å². The molecule has 0 bridgehead atoms. The van der Waals surface area contributed by atoms with Crippen LogP contribution in [0.2, 0.25) is 0 Å². The third-order valence-corrected chi connectivity index (χ3v) is 7.18. The van der Waals surface area contributed by atoms with Crippen molar-refractivity contribution in [2.24, 2.45) is 0 Å². The van der Waals surface area contributed by atoms with Crippen molar-refractivity contribution in [3.63, 3.8) is 0 Å². The number of carbonyl (C=O) groups excluding carboxylic acids is 2. The Labute approximate surface area is 179 Å². The molecule has 0 saturated heterocycles. The van der Waals surface area contributed by atoms with Crippen molar-refractivity contribution in [3.05, 3.63) is 66.0 Å². The largest absolute Gasteiger partial charge is 0.326 e. The van der Waals surface area contributed by atoms with Crippen LogP contribution in [-0.2, 0) is 14.6 Å². The Morgan fingerprint density at radius 2 is 1.81 bits per heavy atom. The van der Waals surface area contributed by atoms with Crippen molar-refractivity contribution >= 4 is 43.8 Å². The van der Waals surface area contributed by atoms with Crippen LogP contribution < -0.4 is 10.2 Å². The number of carbonyl (C=O) groups is 2. The highest BCUT2D eigenvalue weighted by atomic mass is 32.2. The normalized spacial score (nSPS) is 13.1. The van der Waals surface area contributed by atoms with Crippen LogP contribution in [0.15, 0.2) is 59.5 Å². The first-order valence-corrected chi connectivity index (χ1v) is 11.6. The highest BCUT2D eigenvalue weighted by Gasteiger charge is 2.29. The summed E-state index contributed by atoms with van der Waals surface area (Å²) in [6.07, 6.45) is 0.151. The summed E-state index contributed by atoms with van der Waals surface area (Å²) in [5.74, 6) is -1.09. The molecule has 3 aromatic rings. The smallest absolute Gasteiger partial charge is 0.258 e. The maximum atomic E-state index is 13.0. The van der Waals surface area contributed by atoms with E-state index in [9.17, 15) is 22.4 Å². The maximum absolute atomic E-state index is 13.0. The average molecular weight is 440 g/mol. The van der Waals surface area contributed by atoms with Gasteiger partial charge in [0.15, 0.2) is 9.84 Å². The number of benzene rings is 3. The standard InChI is InChI=1S/C23H21FN2O4S/c1-2-26-20-13-12-19(17-5-3-6-18(22(17)20)23(26)28)25-21(27)7-4-14-31(29,30)16-10-8-15(24)9-11-16/h3,5-6,8-13H,2,4,7,14H2,1H3,(H,25,27). The summed E-state index contributed by atoms with van der Waals surface area (Å²) < 4.78 is 37.7. The minimum absolute atomic E-state index is 0.0172. The molecule has 4 rings (SSSR count). The highest BCUT2D eigenvalue weighted by molar-refractivity contribution is 7.91. The quantitative estimate of drug-likeness (QED) is 0.560. The lowest BCUT2D eigenvalue weighted by Gasteiger charge is -2.15. The van der Waals surface area contributed by atoms with Gasteiger partial charge in [-0.2, -0.15) is 0 Å². The summed E-state index contributed by atoms with van der Waals surface area (Å²) in [5, 5.41) is 4.42. The Morgan fingerprint density at radius 1 is 1.06 bits per heavy atom. The van der Waals surface area contributed by atoms with Gasteiger partial charge < -0.3 is 10.2 Å². The molecule has 0 unspecified atom stereocenters. The lowest BCUT2D eigenvalue weighted by Crippen LogP contribution is -2.25. The molecule has 160 valence electrons. The molecule has 0 fully saturated rings. The molecule has 0 aromatic heterocycles. The SMILES string of the molecule is CCN1C(=O)c2cccc3c(NC(=O)CCCS(=O)(=O)c4ccc(F)cc4)ccc1c23. The molecule has 6 nitrogen and oxygen atoms in total. The monoisotopic (exact) mass is 440 g/mol. The highest BCUT2D eigenvalue weighted by Crippen LogP contribution is 2.40.